The monoisotopic (exact) mass is 352 g/mol. The van der Waals surface area contributed by atoms with Crippen molar-refractivity contribution in [2.75, 3.05) is 7.11 Å². The van der Waals surface area contributed by atoms with Crippen LogP contribution in [-0.4, -0.2) is 19.0 Å². The van der Waals surface area contributed by atoms with E-state index in [0.29, 0.717) is 5.76 Å². The van der Waals surface area contributed by atoms with E-state index in [1.165, 1.54) is 90.4 Å². The van der Waals surface area contributed by atoms with Crippen molar-refractivity contribution in [2.24, 2.45) is 0 Å². The number of esters is 2. The summed E-state index contributed by atoms with van der Waals surface area (Å²) in [5.41, 5.74) is 0. The quantitative estimate of drug-likeness (QED) is 0.122. The summed E-state index contributed by atoms with van der Waals surface area (Å²) in [5, 5.41) is 0. The number of hydrogen-bond donors (Lipinski definition) is 0. The minimum absolute atomic E-state index is 0.389. The Labute approximate surface area is 153 Å². The van der Waals surface area contributed by atoms with E-state index in [1.54, 1.807) is 0 Å². The molecule has 0 saturated heterocycles. The zero-order valence-electron chi connectivity index (χ0n) is 16.4. The molecule has 0 rings (SSSR count). The number of rotatable bonds is 15. The smallest absolute Gasteiger partial charge is 0.330 e. The van der Waals surface area contributed by atoms with E-state index < -0.39 is 5.97 Å². The van der Waals surface area contributed by atoms with Crippen LogP contribution in [-0.2, 0) is 19.1 Å². The summed E-state index contributed by atoms with van der Waals surface area (Å²) in [7, 11) is 1.31. The Balaban J connectivity index is 3.78. The Morgan fingerprint density at radius 3 is 1.80 bits per heavy atom. The normalized spacial score (nSPS) is 11.7. The molecule has 0 atom stereocenters. The summed E-state index contributed by atoms with van der Waals surface area (Å²) in [6.45, 7) is 3.60. The molecule has 0 aliphatic rings. The fraction of sp³-hybridized carbons (Fsp3) is 0.714. The van der Waals surface area contributed by atoms with Crippen molar-refractivity contribution in [3.8, 4) is 0 Å². The van der Waals surface area contributed by atoms with Crippen LogP contribution in [0.25, 0.3) is 0 Å². The van der Waals surface area contributed by atoms with Crippen molar-refractivity contribution < 1.29 is 19.1 Å². The molecule has 144 valence electrons. The number of allylic oxidation sites excluding steroid dienone is 2. The van der Waals surface area contributed by atoms with Gasteiger partial charge in [0.2, 0.25) is 0 Å². The maximum atomic E-state index is 11.1. The second kappa shape index (κ2) is 17.2. The molecule has 25 heavy (non-hydrogen) atoms. The van der Waals surface area contributed by atoms with Crippen LogP contribution in [0.3, 0.4) is 0 Å². The van der Waals surface area contributed by atoms with E-state index in [4.69, 9.17) is 4.74 Å². The molecule has 0 radical (unpaired) electrons. The highest BCUT2D eigenvalue weighted by Gasteiger charge is 2.00. The van der Waals surface area contributed by atoms with Gasteiger partial charge in [-0.2, -0.15) is 0 Å². The number of carbonyl (C=O) groups excluding carboxylic acids is 2. The molecule has 4 heteroatoms. The van der Waals surface area contributed by atoms with Gasteiger partial charge in [-0.15, -0.1) is 0 Å². The summed E-state index contributed by atoms with van der Waals surface area (Å²) < 4.78 is 9.60. The molecule has 0 aromatic carbocycles. The molecule has 0 unspecified atom stereocenters. The molecule has 0 spiro atoms. The first-order chi connectivity index (χ1) is 12.1. The van der Waals surface area contributed by atoms with Crippen LogP contribution < -0.4 is 0 Å². The van der Waals surface area contributed by atoms with Crippen LogP contribution in [0.2, 0.25) is 0 Å². The maximum absolute atomic E-state index is 11.1. The van der Waals surface area contributed by atoms with Gasteiger partial charge < -0.3 is 9.47 Å². The average Bonchev–Trinajstić information content (AvgIpc) is 2.59. The number of ether oxygens (including phenoxy) is 2. The van der Waals surface area contributed by atoms with Gasteiger partial charge in [-0.3, -0.25) is 4.79 Å². The van der Waals surface area contributed by atoms with Gasteiger partial charge in [0.15, 0.2) is 0 Å². The van der Waals surface area contributed by atoms with Crippen LogP contribution in [0.15, 0.2) is 24.0 Å². The Hall–Kier alpha value is -1.58. The summed E-state index contributed by atoms with van der Waals surface area (Å²) >= 11 is 0. The Kier molecular flexibility index (Phi) is 16.2. The molecular formula is C21H36O4. The highest BCUT2D eigenvalue weighted by Crippen LogP contribution is 2.13. The van der Waals surface area contributed by atoms with Crippen LogP contribution in [0.5, 0.6) is 0 Å². The van der Waals surface area contributed by atoms with Gasteiger partial charge in [0.05, 0.1) is 7.11 Å². The third kappa shape index (κ3) is 17.0. The fourth-order valence-corrected chi connectivity index (χ4v) is 2.58. The number of unbranched alkanes of at least 4 members (excludes halogenated alkanes) is 11. The zero-order valence-corrected chi connectivity index (χ0v) is 16.4. The molecule has 0 saturated carbocycles. The second-order valence-corrected chi connectivity index (χ2v) is 6.38. The largest absolute Gasteiger partial charge is 0.466 e. The topological polar surface area (TPSA) is 52.6 Å². The lowest BCUT2D eigenvalue weighted by Crippen LogP contribution is -1.99. The summed E-state index contributed by atoms with van der Waals surface area (Å²) in [6.07, 6.45) is 19.8. The lowest BCUT2D eigenvalue weighted by atomic mass is 10.1. The molecule has 0 amide bonds. The number of carbonyl (C=O) groups is 2. The molecule has 0 aliphatic heterocycles. The van der Waals surface area contributed by atoms with Crippen molar-refractivity contribution >= 4 is 11.9 Å². The molecule has 0 aromatic rings. The third-order valence-electron chi connectivity index (χ3n) is 4.00. The first-order valence-corrected chi connectivity index (χ1v) is 9.74. The van der Waals surface area contributed by atoms with Gasteiger partial charge >= 0.3 is 11.9 Å². The molecule has 0 aromatic heterocycles. The van der Waals surface area contributed by atoms with E-state index >= 15 is 0 Å². The minimum atomic E-state index is -0.465. The van der Waals surface area contributed by atoms with Gasteiger partial charge in [0, 0.05) is 13.0 Å². The molecule has 0 aliphatic carbocycles. The van der Waals surface area contributed by atoms with E-state index in [1.807, 2.05) is 6.08 Å². The first-order valence-electron chi connectivity index (χ1n) is 9.74. The van der Waals surface area contributed by atoms with E-state index in [2.05, 4.69) is 11.7 Å². The number of hydrogen-bond acceptors (Lipinski definition) is 4. The predicted molar refractivity (Wildman–Crippen MR) is 102 cm³/mol. The van der Waals surface area contributed by atoms with Crippen molar-refractivity contribution in [2.45, 2.75) is 90.9 Å². The SMILES string of the molecule is CCCCCCCCCCCCC/C=C(\C=C\C(=O)OC)OC(C)=O. The van der Waals surface area contributed by atoms with E-state index in [0.717, 1.165) is 12.8 Å². The van der Waals surface area contributed by atoms with Crippen LogP contribution in [0.4, 0.5) is 0 Å². The summed E-state index contributed by atoms with van der Waals surface area (Å²) in [5.74, 6) is -0.447. The van der Waals surface area contributed by atoms with Crippen LogP contribution in [0, 0.1) is 0 Å². The van der Waals surface area contributed by atoms with Gasteiger partial charge in [-0.25, -0.2) is 4.79 Å². The second-order valence-electron chi connectivity index (χ2n) is 6.38. The van der Waals surface area contributed by atoms with Crippen molar-refractivity contribution in [3.63, 3.8) is 0 Å². The van der Waals surface area contributed by atoms with Gasteiger partial charge in [-0.05, 0) is 25.0 Å². The molecule has 0 bridgehead atoms. The first kappa shape index (κ1) is 23.4. The van der Waals surface area contributed by atoms with Crippen molar-refractivity contribution in [1.29, 1.82) is 0 Å². The van der Waals surface area contributed by atoms with Crippen molar-refractivity contribution in [1.82, 2.24) is 0 Å². The highest BCUT2D eigenvalue weighted by molar-refractivity contribution is 5.82. The number of methoxy groups -OCH3 is 1. The Bertz CT molecular complexity index is 410. The summed E-state index contributed by atoms with van der Waals surface area (Å²) in [6, 6.07) is 0. The lowest BCUT2D eigenvalue weighted by Gasteiger charge is -2.03. The zero-order chi connectivity index (χ0) is 18.8. The standard InChI is InChI=1S/C21H36O4/c1-4-5-6-7-8-9-10-11-12-13-14-15-16-20(25-19(2)22)17-18-21(23)24-3/h16-18H,4-15H2,1-3H3/b18-17+,20-16+. The molecule has 0 heterocycles. The molecule has 0 fully saturated rings. The van der Waals surface area contributed by atoms with Crippen LogP contribution in [0.1, 0.15) is 90.9 Å². The lowest BCUT2D eigenvalue weighted by molar-refractivity contribution is -0.137. The molecule has 0 N–H and O–H groups in total. The van der Waals surface area contributed by atoms with Crippen LogP contribution >= 0.6 is 0 Å². The Morgan fingerprint density at radius 2 is 1.32 bits per heavy atom. The van der Waals surface area contributed by atoms with E-state index in [-0.39, 0.29) is 5.97 Å². The average molecular weight is 353 g/mol. The summed E-state index contributed by atoms with van der Waals surface area (Å²) in [4.78, 5) is 22.2. The molecular weight excluding hydrogens is 316 g/mol. The highest BCUT2D eigenvalue weighted by atomic mass is 16.5. The van der Waals surface area contributed by atoms with Crippen molar-refractivity contribution in [3.05, 3.63) is 24.0 Å². The molecule has 4 nitrogen and oxygen atoms in total. The van der Waals surface area contributed by atoms with Gasteiger partial charge in [-0.1, -0.05) is 71.1 Å². The fourth-order valence-electron chi connectivity index (χ4n) is 2.58. The Morgan fingerprint density at radius 1 is 0.800 bits per heavy atom. The predicted octanol–water partition coefficient (Wildman–Crippen LogP) is 5.86. The third-order valence-corrected chi connectivity index (χ3v) is 4.00. The minimum Gasteiger partial charge on any atom is -0.466 e. The maximum Gasteiger partial charge on any atom is 0.330 e. The van der Waals surface area contributed by atoms with Gasteiger partial charge in [0.1, 0.15) is 5.76 Å². The van der Waals surface area contributed by atoms with Gasteiger partial charge in [0.25, 0.3) is 0 Å². The van der Waals surface area contributed by atoms with E-state index in [9.17, 15) is 9.59 Å².